The van der Waals surface area contributed by atoms with Gasteiger partial charge in [0, 0.05) is 12.8 Å². The second-order valence-electron chi connectivity index (χ2n) is 18.4. The van der Waals surface area contributed by atoms with Gasteiger partial charge in [0.15, 0.2) is 18.7 Å². The van der Waals surface area contributed by atoms with Crippen molar-refractivity contribution < 1.29 is 73.8 Å². The third kappa shape index (κ3) is 25.6. The van der Waals surface area contributed by atoms with Gasteiger partial charge in [-0.05, 0) is 12.8 Å². The molecular weight excluding hydrogens is 829 g/mol. The second kappa shape index (κ2) is 37.5. The Balaban J connectivity index is 1.75. The number of aliphatic hydroxyl groups is 7. The molecule has 0 saturated carbocycles. The number of unbranched alkanes of at least 4 members (excludes halogenated alkanes) is 26. The fraction of sp³-hybridized carbons (Fsp3) is 0.959. The largest absolute Gasteiger partial charge is 0.462 e. The van der Waals surface area contributed by atoms with Crippen molar-refractivity contribution in [1.82, 2.24) is 0 Å². The third-order valence-corrected chi connectivity index (χ3v) is 12.6. The van der Waals surface area contributed by atoms with Gasteiger partial charge in [-0.2, -0.15) is 0 Å². The minimum Gasteiger partial charge on any atom is -0.462 e. The normalized spacial score (nSPS) is 26.5. The molecule has 2 aliphatic heterocycles. The summed E-state index contributed by atoms with van der Waals surface area (Å²) in [6, 6.07) is 0. The van der Waals surface area contributed by atoms with Crippen molar-refractivity contribution in [2.45, 2.75) is 274 Å². The highest BCUT2D eigenvalue weighted by Gasteiger charge is 2.47. The average Bonchev–Trinajstić information content (AvgIpc) is 3.29. The fourth-order valence-corrected chi connectivity index (χ4v) is 8.34. The fourth-order valence-electron chi connectivity index (χ4n) is 8.34. The Labute approximate surface area is 385 Å². The maximum absolute atomic E-state index is 13.0. The maximum Gasteiger partial charge on any atom is 0.306 e. The summed E-state index contributed by atoms with van der Waals surface area (Å²) in [6.45, 7) is 2.58. The lowest BCUT2D eigenvalue weighted by molar-refractivity contribution is -0.332. The van der Waals surface area contributed by atoms with Crippen LogP contribution in [0.5, 0.6) is 0 Å². The van der Waals surface area contributed by atoms with Crippen LogP contribution >= 0.6 is 0 Å². The van der Waals surface area contributed by atoms with E-state index < -0.39 is 92.7 Å². The van der Waals surface area contributed by atoms with Crippen molar-refractivity contribution in [1.29, 1.82) is 0 Å². The van der Waals surface area contributed by atoms with Crippen LogP contribution in [0.15, 0.2) is 0 Å². The molecule has 0 aromatic rings. The van der Waals surface area contributed by atoms with Gasteiger partial charge in [-0.15, -0.1) is 0 Å². The molecule has 64 heavy (non-hydrogen) atoms. The molecule has 11 unspecified atom stereocenters. The molecule has 0 bridgehead atoms. The van der Waals surface area contributed by atoms with Crippen molar-refractivity contribution >= 4 is 11.9 Å². The van der Waals surface area contributed by atoms with E-state index in [4.69, 9.17) is 28.4 Å². The zero-order chi connectivity index (χ0) is 46.8. The predicted octanol–water partition coefficient (Wildman–Crippen LogP) is 6.82. The first kappa shape index (κ1) is 58.6. The lowest BCUT2D eigenvalue weighted by atomic mass is 9.98. The van der Waals surface area contributed by atoms with E-state index in [1.54, 1.807) is 0 Å². The molecule has 0 radical (unpaired) electrons. The van der Waals surface area contributed by atoms with E-state index in [0.29, 0.717) is 12.8 Å². The van der Waals surface area contributed by atoms with Gasteiger partial charge in [-0.3, -0.25) is 9.59 Å². The van der Waals surface area contributed by atoms with Gasteiger partial charge in [0.2, 0.25) is 0 Å². The Bertz CT molecular complexity index is 1130. The first-order valence-corrected chi connectivity index (χ1v) is 25.6. The zero-order valence-electron chi connectivity index (χ0n) is 39.8. The molecule has 2 fully saturated rings. The molecular formula is C49H92O15. The Morgan fingerprint density at radius 1 is 0.438 bits per heavy atom. The maximum atomic E-state index is 13.0. The van der Waals surface area contributed by atoms with E-state index in [9.17, 15) is 45.3 Å². The summed E-state index contributed by atoms with van der Waals surface area (Å²) in [5.41, 5.74) is 0. The number of ether oxygens (including phenoxy) is 6. The first-order chi connectivity index (χ1) is 31.0. The van der Waals surface area contributed by atoms with Gasteiger partial charge in [-0.1, -0.05) is 181 Å². The van der Waals surface area contributed by atoms with Gasteiger partial charge < -0.3 is 64.2 Å². The molecule has 0 spiro atoms. The minimum absolute atomic E-state index is 0.173. The Morgan fingerprint density at radius 3 is 1.22 bits per heavy atom. The average molecular weight is 921 g/mol. The van der Waals surface area contributed by atoms with Gasteiger partial charge >= 0.3 is 11.9 Å². The summed E-state index contributed by atoms with van der Waals surface area (Å²) in [5, 5.41) is 71.9. The summed E-state index contributed by atoms with van der Waals surface area (Å²) in [7, 11) is 0. The highest BCUT2D eigenvalue weighted by molar-refractivity contribution is 5.70. The molecule has 15 nitrogen and oxygen atoms in total. The molecule has 15 heteroatoms. The van der Waals surface area contributed by atoms with Gasteiger partial charge in [-0.25, -0.2) is 0 Å². The van der Waals surface area contributed by atoms with Crippen LogP contribution in [0.1, 0.15) is 206 Å². The summed E-state index contributed by atoms with van der Waals surface area (Å²) >= 11 is 0. The van der Waals surface area contributed by atoms with Crippen molar-refractivity contribution in [3.63, 3.8) is 0 Å². The van der Waals surface area contributed by atoms with Crippen LogP contribution in [0.25, 0.3) is 0 Å². The number of rotatable bonds is 40. The van der Waals surface area contributed by atoms with Crippen molar-refractivity contribution in [2.24, 2.45) is 0 Å². The Hall–Kier alpha value is -1.50. The minimum atomic E-state index is -1.76. The third-order valence-electron chi connectivity index (χ3n) is 12.6. The number of aliphatic hydroxyl groups excluding tert-OH is 7. The molecule has 2 heterocycles. The van der Waals surface area contributed by atoms with Crippen molar-refractivity contribution in [2.75, 3.05) is 26.4 Å². The predicted molar refractivity (Wildman–Crippen MR) is 243 cm³/mol. The lowest BCUT2D eigenvalue weighted by Gasteiger charge is -2.42. The van der Waals surface area contributed by atoms with Gasteiger partial charge in [0.1, 0.15) is 55.4 Å². The number of esters is 2. The Kier molecular flexibility index (Phi) is 34.3. The van der Waals surface area contributed by atoms with Crippen LogP contribution in [-0.2, 0) is 38.0 Å². The quantitative estimate of drug-likeness (QED) is 0.0247. The van der Waals surface area contributed by atoms with E-state index in [1.165, 1.54) is 128 Å². The molecule has 7 N–H and O–H groups in total. The number of hydrogen-bond acceptors (Lipinski definition) is 15. The van der Waals surface area contributed by atoms with E-state index >= 15 is 0 Å². The van der Waals surface area contributed by atoms with Gasteiger partial charge in [0.05, 0.1) is 19.8 Å². The van der Waals surface area contributed by atoms with Crippen molar-refractivity contribution in [3.05, 3.63) is 0 Å². The molecule has 11 atom stereocenters. The van der Waals surface area contributed by atoms with Crippen LogP contribution in [-0.4, -0.2) is 142 Å². The van der Waals surface area contributed by atoms with Crippen LogP contribution in [0, 0.1) is 0 Å². The highest BCUT2D eigenvalue weighted by Crippen LogP contribution is 2.26. The van der Waals surface area contributed by atoms with Crippen LogP contribution < -0.4 is 0 Å². The smallest absolute Gasteiger partial charge is 0.306 e. The molecule has 2 aliphatic rings. The zero-order valence-corrected chi connectivity index (χ0v) is 39.8. The number of carbonyl (C=O) groups is 2. The first-order valence-electron chi connectivity index (χ1n) is 25.6. The summed E-state index contributed by atoms with van der Waals surface area (Å²) in [6.07, 6.45) is 17.3. The van der Waals surface area contributed by atoms with E-state index in [-0.39, 0.29) is 26.1 Å². The molecule has 2 rings (SSSR count). The van der Waals surface area contributed by atoms with E-state index in [1.807, 2.05) is 0 Å². The highest BCUT2D eigenvalue weighted by atomic mass is 16.7. The van der Waals surface area contributed by atoms with Crippen LogP contribution in [0.3, 0.4) is 0 Å². The molecule has 0 aromatic carbocycles. The summed E-state index contributed by atoms with van der Waals surface area (Å²) < 4.78 is 33.5. The van der Waals surface area contributed by atoms with Crippen LogP contribution in [0.2, 0.25) is 0 Å². The molecule has 378 valence electrons. The standard InChI is InChI=1S/C49H92O15/c1-3-5-7-9-11-13-14-15-16-17-18-19-20-21-22-23-24-26-28-30-32-41(52)62-37(34-59-40(51)31-29-27-25-12-10-8-6-4-2)35-60-48-47(58)45(56)43(54)39(64-48)36-61-49-46(57)44(55)42(53)38(33-50)63-49/h37-39,42-50,53-58H,3-36H2,1-2H3. The summed E-state index contributed by atoms with van der Waals surface area (Å²) in [4.78, 5) is 25.6. The lowest BCUT2D eigenvalue weighted by Crippen LogP contribution is -2.61. The van der Waals surface area contributed by atoms with Gasteiger partial charge in [0.25, 0.3) is 0 Å². The molecule has 0 amide bonds. The summed E-state index contributed by atoms with van der Waals surface area (Å²) in [5.74, 6) is -0.916. The van der Waals surface area contributed by atoms with Crippen LogP contribution in [0.4, 0.5) is 0 Å². The van der Waals surface area contributed by atoms with E-state index in [2.05, 4.69) is 13.8 Å². The molecule has 0 aromatic heterocycles. The molecule has 2 saturated heterocycles. The second-order valence-corrected chi connectivity index (χ2v) is 18.4. The van der Waals surface area contributed by atoms with E-state index in [0.717, 1.165) is 38.5 Å². The number of hydrogen-bond donors (Lipinski definition) is 7. The monoisotopic (exact) mass is 921 g/mol. The number of carbonyl (C=O) groups excluding carboxylic acids is 2. The Morgan fingerprint density at radius 2 is 0.797 bits per heavy atom. The van der Waals surface area contributed by atoms with Crippen molar-refractivity contribution in [3.8, 4) is 0 Å². The SMILES string of the molecule is CCCCCCCCCCCCCCCCCCCCCCC(=O)OC(COC(=O)CCCCCCCCCC)COC1OC(COC2OC(CO)C(O)C(O)C2O)C(O)C(O)C1O. The molecule has 0 aliphatic carbocycles. The topological polar surface area (TPSA) is 231 Å².